The Morgan fingerprint density at radius 2 is 1.96 bits per heavy atom. The third-order valence-corrected chi connectivity index (χ3v) is 4.19. The van der Waals surface area contributed by atoms with Crippen LogP contribution in [0.4, 0.5) is 4.39 Å². The van der Waals surface area contributed by atoms with Crippen LogP contribution >= 0.6 is 11.6 Å². The Bertz CT molecular complexity index is 994. The van der Waals surface area contributed by atoms with Crippen LogP contribution in [0, 0.1) is 12.7 Å². The number of aliphatic hydroxyl groups is 1. The summed E-state index contributed by atoms with van der Waals surface area (Å²) in [6.07, 6.45) is -0.442. The van der Waals surface area contributed by atoms with Crippen LogP contribution in [0.25, 0.3) is 5.69 Å². The van der Waals surface area contributed by atoms with Crippen LogP contribution in [-0.4, -0.2) is 26.3 Å². The zero-order valence-corrected chi connectivity index (χ0v) is 15.4. The van der Waals surface area contributed by atoms with E-state index in [2.05, 4.69) is 0 Å². The number of benzene rings is 1. The molecule has 1 N–H and O–H groups in total. The molecule has 2 aromatic rings. The lowest BCUT2D eigenvalue weighted by molar-refractivity contribution is 0.0378. The number of esters is 1. The summed E-state index contributed by atoms with van der Waals surface area (Å²) in [5, 5.41) is 9.21. The van der Waals surface area contributed by atoms with Gasteiger partial charge in [-0.1, -0.05) is 11.6 Å². The molecule has 1 aromatic carbocycles. The van der Waals surface area contributed by atoms with Crippen molar-refractivity contribution >= 4 is 17.6 Å². The Morgan fingerprint density at radius 1 is 1.35 bits per heavy atom. The van der Waals surface area contributed by atoms with Crippen molar-refractivity contribution in [3.8, 4) is 5.69 Å². The molecular formula is C17H18ClFN2O5. The summed E-state index contributed by atoms with van der Waals surface area (Å²) < 4.78 is 21.2. The largest absolute Gasteiger partial charge is 0.459 e. The third-order valence-electron chi connectivity index (χ3n) is 3.88. The second-order valence-electron chi connectivity index (χ2n) is 5.94. The highest BCUT2D eigenvalue weighted by Gasteiger charge is 2.22. The van der Waals surface area contributed by atoms with E-state index in [1.807, 2.05) is 0 Å². The van der Waals surface area contributed by atoms with Crippen LogP contribution in [0.3, 0.4) is 0 Å². The highest BCUT2D eigenvalue weighted by atomic mass is 35.5. The van der Waals surface area contributed by atoms with Crippen molar-refractivity contribution in [1.82, 2.24) is 9.13 Å². The van der Waals surface area contributed by atoms with Gasteiger partial charge in [-0.05, 0) is 32.9 Å². The average molecular weight is 385 g/mol. The second kappa shape index (κ2) is 7.43. The quantitative estimate of drug-likeness (QED) is 0.810. The molecule has 0 aliphatic heterocycles. The van der Waals surface area contributed by atoms with Gasteiger partial charge in [0, 0.05) is 12.7 Å². The number of ether oxygens (including phenoxy) is 1. The summed E-state index contributed by atoms with van der Waals surface area (Å²) in [5.41, 5.74) is -2.14. The van der Waals surface area contributed by atoms with Crippen LogP contribution in [0.5, 0.6) is 0 Å². The smallest absolute Gasteiger partial charge is 0.339 e. The highest BCUT2D eigenvalue weighted by Crippen LogP contribution is 2.23. The maximum absolute atomic E-state index is 14.5. The van der Waals surface area contributed by atoms with Gasteiger partial charge in [-0.3, -0.25) is 4.79 Å². The maximum Gasteiger partial charge on any atom is 0.339 e. The number of hydrogen-bond acceptors (Lipinski definition) is 5. The number of aromatic nitrogens is 2. The zero-order chi connectivity index (χ0) is 19.8. The number of carbonyl (C=O) groups excluding carboxylic acids is 1. The number of halogens is 2. The first kappa shape index (κ1) is 19.9. The number of nitrogens with zero attached hydrogens (tertiary/aromatic N) is 2. The number of carbonyl (C=O) groups is 1. The molecule has 26 heavy (non-hydrogen) atoms. The molecule has 0 aliphatic rings. The molecule has 7 nitrogen and oxygen atoms in total. The normalized spacial score (nSPS) is 11.1. The van der Waals surface area contributed by atoms with Crippen molar-refractivity contribution in [2.24, 2.45) is 7.05 Å². The maximum atomic E-state index is 14.5. The molecule has 0 aliphatic carbocycles. The predicted molar refractivity (Wildman–Crippen MR) is 93.5 cm³/mol. The lowest BCUT2D eigenvalue weighted by Gasteiger charge is -2.15. The number of aliphatic hydroxyl groups excluding tert-OH is 1. The molecule has 2 rings (SSSR count). The number of rotatable bonds is 4. The molecular weight excluding hydrogens is 367 g/mol. The van der Waals surface area contributed by atoms with Gasteiger partial charge in [0.1, 0.15) is 5.82 Å². The minimum absolute atomic E-state index is 0.0623. The zero-order valence-electron chi connectivity index (χ0n) is 14.7. The Hall–Kier alpha value is -2.45. The molecule has 0 fully saturated rings. The Balaban J connectivity index is 2.82. The van der Waals surface area contributed by atoms with E-state index >= 15 is 0 Å². The summed E-state index contributed by atoms with van der Waals surface area (Å²) in [5.74, 6) is -1.78. The Morgan fingerprint density at radius 3 is 2.50 bits per heavy atom. The first-order valence-electron chi connectivity index (χ1n) is 7.72. The molecule has 9 heteroatoms. The monoisotopic (exact) mass is 384 g/mol. The van der Waals surface area contributed by atoms with Crippen molar-refractivity contribution in [3.63, 3.8) is 0 Å². The SMILES string of the molecule is Cc1c(CO)c(=O)n(-c2cc(C(=O)OC(C)C)c(Cl)cc2F)c(=O)n1C. The van der Waals surface area contributed by atoms with Crippen LogP contribution in [-0.2, 0) is 18.4 Å². The molecule has 1 heterocycles. The van der Waals surface area contributed by atoms with Crippen molar-refractivity contribution < 1.29 is 19.0 Å². The Labute approximate surface area is 153 Å². The first-order chi connectivity index (χ1) is 12.1. The van der Waals surface area contributed by atoms with Gasteiger partial charge in [0.25, 0.3) is 5.56 Å². The molecule has 0 radical (unpaired) electrons. The summed E-state index contributed by atoms with van der Waals surface area (Å²) in [4.78, 5) is 37.2. The highest BCUT2D eigenvalue weighted by molar-refractivity contribution is 6.33. The van der Waals surface area contributed by atoms with Gasteiger partial charge in [0.2, 0.25) is 0 Å². The molecule has 0 bridgehead atoms. The topological polar surface area (TPSA) is 90.5 Å². The van der Waals surface area contributed by atoms with Crippen LogP contribution in [0.1, 0.15) is 35.5 Å². The molecule has 0 saturated carbocycles. The van der Waals surface area contributed by atoms with Crippen molar-refractivity contribution in [1.29, 1.82) is 0 Å². The predicted octanol–water partition coefficient (Wildman–Crippen LogP) is 1.69. The fourth-order valence-electron chi connectivity index (χ4n) is 2.41. The molecule has 0 saturated heterocycles. The van der Waals surface area contributed by atoms with E-state index in [0.29, 0.717) is 4.57 Å². The van der Waals surface area contributed by atoms with E-state index in [4.69, 9.17) is 16.3 Å². The van der Waals surface area contributed by atoms with Gasteiger partial charge in [0.15, 0.2) is 0 Å². The first-order valence-corrected chi connectivity index (χ1v) is 8.10. The standard InChI is InChI=1S/C17H18ClFN2O5/c1-8(2)26-16(24)10-5-14(13(19)6-12(10)18)21-15(23)11(7-22)9(3)20(4)17(21)25/h5-6,8,22H,7H2,1-4H3. The molecule has 0 spiro atoms. The van der Waals surface area contributed by atoms with Crippen LogP contribution in [0.15, 0.2) is 21.7 Å². The van der Waals surface area contributed by atoms with Crippen molar-refractivity contribution in [3.05, 3.63) is 60.6 Å². The molecule has 0 unspecified atom stereocenters. The molecule has 1 aromatic heterocycles. The lowest BCUT2D eigenvalue weighted by atomic mass is 10.1. The van der Waals surface area contributed by atoms with E-state index in [-0.39, 0.29) is 21.8 Å². The molecule has 140 valence electrons. The van der Waals surface area contributed by atoms with E-state index < -0.39 is 41.4 Å². The van der Waals surface area contributed by atoms with Crippen LogP contribution in [0.2, 0.25) is 5.02 Å². The van der Waals surface area contributed by atoms with Crippen molar-refractivity contribution in [2.45, 2.75) is 33.5 Å². The summed E-state index contributed by atoms with van der Waals surface area (Å²) in [6, 6.07) is 1.82. The van der Waals surface area contributed by atoms with Crippen molar-refractivity contribution in [2.75, 3.05) is 0 Å². The number of hydrogen-bond donors (Lipinski definition) is 1. The Kier molecular flexibility index (Phi) is 5.68. The van der Waals surface area contributed by atoms with Gasteiger partial charge in [-0.2, -0.15) is 0 Å². The van der Waals surface area contributed by atoms with E-state index in [9.17, 15) is 23.9 Å². The molecule has 0 amide bonds. The fraction of sp³-hybridized carbons (Fsp3) is 0.353. The minimum Gasteiger partial charge on any atom is -0.459 e. The van der Waals surface area contributed by atoms with Gasteiger partial charge in [-0.25, -0.2) is 18.5 Å². The second-order valence-corrected chi connectivity index (χ2v) is 6.35. The minimum atomic E-state index is -0.969. The van der Waals surface area contributed by atoms with E-state index in [1.54, 1.807) is 13.8 Å². The summed E-state index contributed by atoms with van der Waals surface area (Å²) in [7, 11) is 1.38. The van der Waals surface area contributed by atoms with E-state index in [1.165, 1.54) is 14.0 Å². The summed E-state index contributed by atoms with van der Waals surface area (Å²) >= 11 is 5.91. The van der Waals surface area contributed by atoms with Gasteiger partial charge < -0.3 is 14.4 Å². The third kappa shape index (κ3) is 3.42. The summed E-state index contributed by atoms with van der Waals surface area (Å²) in [6.45, 7) is 4.12. The van der Waals surface area contributed by atoms with Crippen LogP contribution < -0.4 is 11.2 Å². The molecule has 0 atom stereocenters. The van der Waals surface area contributed by atoms with E-state index in [0.717, 1.165) is 16.7 Å². The fourth-order valence-corrected chi connectivity index (χ4v) is 2.64. The average Bonchev–Trinajstić information content (AvgIpc) is 2.54. The van der Waals surface area contributed by atoms with Gasteiger partial charge in [0.05, 0.1) is 34.5 Å². The van der Waals surface area contributed by atoms with Gasteiger partial charge >= 0.3 is 11.7 Å². The van der Waals surface area contributed by atoms with Gasteiger partial charge in [-0.15, -0.1) is 0 Å². The lowest BCUT2D eigenvalue weighted by Crippen LogP contribution is -2.41.